The van der Waals surface area contributed by atoms with Gasteiger partial charge in [-0.3, -0.25) is 0 Å². The second-order valence-corrected chi connectivity index (χ2v) is 4.46. The van der Waals surface area contributed by atoms with Crippen LogP contribution in [0.15, 0.2) is 11.6 Å². The number of hydrogen-bond acceptors (Lipinski definition) is 4. The number of thiazole rings is 1. The van der Waals surface area contributed by atoms with Gasteiger partial charge in [0.1, 0.15) is 0 Å². The van der Waals surface area contributed by atoms with Crippen molar-refractivity contribution in [2.24, 2.45) is 0 Å². The van der Waals surface area contributed by atoms with E-state index in [2.05, 4.69) is 24.1 Å². The zero-order valence-corrected chi connectivity index (χ0v) is 9.80. The Hall–Kier alpha value is -0.450. The van der Waals surface area contributed by atoms with E-state index in [1.165, 1.54) is 5.01 Å². The predicted octanol–water partition coefficient (Wildman–Crippen LogP) is 1.87. The van der Waals surface area contributed by atoms with E-state index in [1.54, 1.807) is 18.4 Å². The van der Waals surface area contributed by atoms with Gasteiger partial charge in [0.2, 0.25) is 0 Å². The number of aromatic nitrogens is 1. The van der Waals surface area contributed by atoms with Gasteiger partial charge in [-0.1, -0.05) is 6.92 Å². The topological polar surface area (TPSA) is 34.1 Å². The highest BCUT2D eigenvalue weighted by Gasteiger charge is 2.09. The normalized spacial score (nSPS) is 15.4. The molecule has 4 heteroatoms. The highest BCUT2D eigenvalue weighted by molar-refractivity contribution is 7.09. The molecule has 2 atom stereocenters. The lowest BCUT2D eigenvalue weighted by atomic mass is 10.2. The molecule has 1 aromatic rings. The van der Waals surface area contributed by atoms with E-state index in [0.717, 1.165) is 13.2 Å². The van der Waals surface area contributed by atoms with Crippen LogP contribution < -0.4 is 5.32 Å². The maximum Gasteiger partial charge on any atom is 0.0965 e. The Morgan fingerprint density at radius 2 is 2.36 bits per heavy atom. The first-order valence-corrected chi connectivity index (χ1v) is 5.73. The molecule has 1 rings (SSSR count). The second kappa shape index (κ2) is 6.11. The third-order valence-electron chi connectivity index (χ3n) is 2.06. The number of ether oxygens (including phenoxy) is 1. The summed E-state index contributed by atoms with van der Waals surface area (Å²) in [6.07, 6.45) is 1.86. The fraction of sp³-hybridized carbons (Fsp3) is 0.700. The number of methoxy groups -OCH3 is 1. The lowest BCUT2D eigenvalue weighted by Crippen LogP contribution is -2.32. The fourth-order valence-corrected chi connectivity index (χ4v) is 1.95. The maximum absolute atomic E-state index is 5.05. The maximum atomic E-state index is 5.05. The Kier molecular flexibility index (Phi) is 5.07. The molecule has 0 saturated heterocycles. The molecule has 0 aliphatic heterocycles. The number of hydrogen-bond donors (Lipinski definition) is 1. The van der Waals surface area contributed by atoms with Crippen molar-refractivity contribution < 1.29 is 4.74 Å². The van der Waals surface area contributed by atoms with Crippen LogP contribution in [0, 0.1) is 0 Å². The molecule has 80 valence electrons. The van der Waals surface area contributed by atoms with Gasteiger partial charge in [-0.2, -0.15) is 0 Å². The van der Waals surface area contributed by atoms with E-state index >= 15 is 0 Å². The van der Waals surface area contributed by atoms with Crippen LogP contribution in [0.1, 0.15) is 24.8 Å². The molecule has 0 aliphatic carbocycles. The highest BCUT2D eigenvalue weighted by atomic mass is 32.1. The van der Waals surface area contributed by atoms with Gasteiger partial charge in [-0.25, -0.2) is 4.98 Å². The average Bonchev–Trinajstić information content (AvgIpc) is 2.67. The van der Waals surface area contributed by atoms with E-state index in [9.17, 15) is 0 Å². The molecule has 0 amide bonds. The minimum atomic E-state index is 0.405. The second-order valence-electron chi connectivity index (χ2n) is 3.54. The largest absolute Gasteiger partial charge is 0.383 e. The summed E-state index contributed by atoms with van der Waals surface area (Å²) in [5.41, 5.74) is 0. The van der Waals surface area contributed by atoms with Gasteiger partial charge < -0.3 is 10.1 Å². The molecule has 0 spiro atoms. The van der Waals surface area contributed by atoms with Crippen molar-refractivity contribution in [2.45, 2.75) is 25.8 Å². The minimum absolute atomic E-state index is 0.405. The third-order valence-corrected chi connectivity index (χ3v) is 3.07. The monoisotopic (exact) mass is 214 g/mol. The van der Waals surface area contributed by atoms with Crippen molar-refractivity contribution in [3.63, 3.8) is 0 Å². The summed E-state index contributed by atoms with van der Waals surface area (Å²) >= 11 is 1.71. The first-order valence-electron chi connectivity index (χ1n) is 4.85. The molecule has 0 aromatic carbocycles. The van der Waals surface area contributed by atoms with Crippen LogP contribution in [-0.4, -0.2) is 31.3 Å². The van der Waals surface area contributed by atoms with Crippen molar-refractivity contribution in [3.05, 3.63) is 16.6 Å². The van der Waals surface area contributed by atoms with Crippen molar-refractivity contribution in [1.82, 2.24) is 10.3 Å². The summed E-state index contributed by atoms with van der Waals surface area (Å²) in [6.45, 7) is 6.02. The molecular formula is C10H18N2OS. The van der Waals surface area contributed by atoms with Gasteiger partial charge in [0.05, 0.1) is 11.6 Å². The van der Waals surface area contributed by atoms with Gasteiger partial charge in [-0.15, -0.1) is 11.3 Å². The quantitative estimate of drug-likeness (QED) is 0.785. The van der Waals surface area contributed by atoms with Gasteiger partial charge in [0.25, 0.3) is 0 Å². The molecule has 1 N–H and O–H groups in total. The molecule has 0 aliphatic rings. The Labute approximate surface area is 89.5 Å². The first kappa shape index (κ1) is 11.6. The summed E-state index contributed by atoms with van der Waals surface area (Å²) in [6, 6.07) is 0.405. The molecule has 14 heavy (non-hydrogen) atoms. The van der Waals surface area contributed by atoms with E-state index in [-0.39, 0.29) is 0 Å². The van der Waals surface area contributed by atoms with E-state index < -0.39 is 0 Å². The number of nitrogens with zero attached hydrogens (tertiary/aromatic N) is 1. The molecule has 0 fully saturated rings. The Morgan fingerprint density at radius 1 is 1.57 bits per heavy atom. The van der Waals surface area contributed by atoms with E-state index in [1.807, 2.05) is 11.6 Å². The Bertz CT molecular complexity index is 238. The summed E-state index contributed by atoms with van der Waals surface area (Å²) in [4.78, 5) is 4.29. The highest BCUT2D eigenvalue weighted by Crippen LogP contribution is 2.16. The molecule has 2 unspecified atom stereocenters. The zero-order valence-electron chi connectivity index (χ0n) is 8.99. The van der Waals surface area contributed by atoms with Crippen LogP contribution in [-0.2, 0) is 4.74 Å². The van der Waals surface area contributed by atoms with Crippen LogP contribution in [0.2, 0.25) is 0 Å². The van der Waals surface area contributed by atoms with E-state index in [4.69, 9.17) is 4.74 Å². The minimum Gasteiger partial charge on any atom is -0.383 e. The SMILES string of the molecule is COCC(C)NCC(C)c1nccs1. The van der Waals surface area contributed by atoms with Gasteiger partial charge >= 0.3 is 0 Å². The molecule has 1 aromatic heterocycles. The van der Waals surface area contributed by atoms with Gasteiger partial charge in [0.15, 0.2) is 0 Å². The Balaban J connectivity index is 2.24. The van der Waals surface area contributed by atoms with Crippen LogP contribution in [0.25, 0.3) is 0 Å². The summed E-state index contributed by atoms with van der Waals surface area (Å²) < 4.78 is 5.05. The van der Waals surface area contributed by atoms with Crippen molar-refractivity contribution >= 4 is 11.3 Å². The summed E-state index contributed by atoms with van der Waals surface area (Å²) in [5.74, 6) is 0.481. The van der Waals surface area contributed by atoms with Gasteiger partial charge in [-0.05, 0) is 6.92 Å². The standard InChI is InChI=1S/C10H18N2OS/c1-8(10-11-4-5-14-10)6-12-9(2)7-13-3/h4-5,8-9,12H,6-7H2,1-3H3. The van der Waals surface area contributed by atoms with Crippen molar-refractivity contribution in [2.75, 3.05) is 20.3 Å². The summed E-state index contributed by atoms with van der Waals surface area (Å²) in [5, 5.41) is 6.63. The van der Waals surface area contributed by atoms with Crippen LogP contribution in [0.5, 0.6) is 0 Å². The molecule has 0 saturated carbocycles. The molecule has 1 heterocycles. The number of rotatable bonds is 6. The number of nitrogens with one attached hydrogen (secondary N) is 1. The third kappa shape index (κ3) is 3.74. The smallest absolute Gasteiger partial charge is 0.0965 e. The molecule has 3 nitrogen and oxygen atoms in total. The van der Waals surface area contributed by atoms with E-state index in [0.29, 0.717) is 12.0 Å². The molecule has 0 radical (unpaired) electrons. The van der Waals surface area contributed by atoms with Crippen LogP contribution >= 0.6 is 11.3 Å². The molecular weight excluding hydrogens is 196 g/mol. The zero-order chi connectivity index (χ0) is 10.4. The molecule has 0 bridgehead atoms. The predicted molar refractivity (Wildman–Crippen MR) is 59.9 cm³/mol. The van der Waals surface area contributed by atoms with Crippen molar-refractivity contribution in [1.29, 1.82) is 0 Å². The van der Waals surface area contributed by atoms with Crippen molar-refractivity contribution in [3.8, 4) is 0 Å². The average molecular weight is 214 g/mol. The first-order chi connectivity index (χ1) is 6.74. The van der Waals surface area contributed by atoms with Crippen LogP contribution in [0.4, 0.5) is 0 Å². The lowest BCUT2D eigenvalue weighted by molar-refractivity contribution is 0.171. The Morgan fingerprint density at radius 3 is 2.93 bits per heavy atom. The van der Waals surface area contributed by atoms with Crippen LogP contribution in [0.3, 0.4) is 0 Å². The summed E-state index contributed by atoms with van der Waals surface area (Å²) in [7, 11) is 1.72. The fourth-order valence-electron chi connectivity index (χ4n) is 1.25. The lowest BCUT2D eigenvalue weighted by Gasteiger charge is -2.15. The van der Waals surface area contributed by atoms with Gasteiger partial charge in [0, 0.05) is 37.2 Å².